The van der Waals surface area contributed by atoms with Crippen LogP contribution in [0.1, 0.15) is 6.92 Å². The molecule has 0 amide bonds. The molecule has 2 heteroatoms. The fraction of sp³-hybridized carbons (Fsp3) is 1.00. The van der Waals surface area contributed by atoms with Crippen molar-refractivity contribution in [3.05, 3.63) is 0 Å². The summed E-state index contributed by atoms with van der Waals surface area (Å²) in [4.78, 5) is 0. The van der Waals surface area contributed by atoms with Crippen LogP contribution < -0.4 is 5.09 Å². The van der Waals surface area contributed by atoms with Crippen LogP contribution in [0.3, 0.4) is 0 Å². The molecule has 7 heavy (non-hydrogen) atoms. The first kappa shape index (κ1) is 7.39. The molecule has 1 nitrogen and oxygen atoms in total. The first-order valence-electron chi connectivity index (χ1n) is 2.81. The third-order valence-corrected chi connectivity index (χ3v) is 4.68. The van der Waals surface area contributed by atoms with Crippen molar-refractivity contribution in [2.24, 2.45) is 0 Å². The average molecular weight is 121 g/mol. The van der Waals surface area contributed by atoms with Gasteiger partial charge in [-0.05, 0) is 0 Å². The number of hydrogen-bond acceptors (Lipinski definition) is 1. The predicted molar refractivity (Wildman–Crippen MR) is 39.8 cm³/mol. The first-order valence-corrected chi connectivity index (χ1v) is 6.02. The van der Waals surface area contributed by atoms with Crippen molar-refractivity contribution in [3.63, 3.8) is 0 Å². The van der Waals surface area contributed by atoms with E-state index in [0.717, 1.165) is 0 Å². The fourth-order valence-corrected chi connectivity index (χ4v) is 0.530. The molecule has 0 saturated heterocycles. The van der Waals surface area contributed by atoms with E-state index in [9.17, 15) is 0 Å². The molecule has 0 saturated carbocycles. The summed E-state index contributed by atoms with van der Waals surface area (Å²) in [6.45, 7) is 6.89. The zero-order chi connectivity index (χ0) is 5.91. The molecule has 1 N–H and O–H groups in total. The Hall–Kier alpha value is 0.390. The van der Waals surface area contributed by atoms with Crippen molar-refractivity contribution in [2.75, 3.05) is 26.5 Å². The molecule has 0 aliphatic rings. The van der Waals surface area contributed by atoms with Crippen LogP contribution in [0.4, 0.5) is 0 Å². The van der Waals surface area contributed by atoms with Gasteiger partial charge in [0.05, 0.1) is 0 Å². The van der Waals surface area contributed by atoms with Gasteiger partial charge in [-0.2, -0.15) is 0 Å². The van der Waals surface area contributed by atoms with E-state index < -0.39 is 7.41 Å². The van der Waals surface area contributed by atoms with Gasteiger partial charge in [-0.15, -0.1) is 0 Å². The van der Waals surface area contributed by atoms with Crippen LogP contribution in [0.25, 0.3) is 0 Å². The molecule has 0 atom stereocenters. The second-order valence-electron chi connectivity index (χ2n) is 2.49. The van der Waals surface area contributed by atoms with Gasteiger partial charge in [0.1, 0.15) is 0 Å². The van der Waals surface area contributed by atoms with Crippen LogP contribution in [-0.2, 0) is 0 Å². The minimum atomic E-state index is -0.901. The quantitative estimate of drug-likeness (QED) is 0.540. The van der Waals surface area contributed by atoms with E-state index in [-0.39, 0.29) is 0 Å². The molecule has 0 bridgehead atoms. The SMILES string of the molecule is CC[PH](C)(C)NC. The molecule has 0 aromatic carbocycles. The van der Waals surface area contributed by atoms with Gasteiger partial charge in [-0.1, -0.05) is 0 Å². The first-order chi connectivity index (χ1) is 3.12. The number of hydrogen-bond donors (Lipinski definition) is 1. The van der Waals surface area contributed by atoms with Gasteiger partial charge in [-0.3, -0.25) is 0 Å². The Balaban J connectivity index is 3.36. The average Bonchev–Trinajstić information content (AvgIpc) is 1.68. The molecule has 0 heterocycles. The molecule has 0 aromatic rings. The monoisotopic (exact) mass is 121 g/mol. The van der Waals surface area contributed by atoms with Gasteiger partial charge >= 0.3 is 46.0 Å². The van der Waals surface area contributed by atoms with Gasteiger partial charge in [-0.25, -0.2) is 0 Å². The van der Waals surface area contributed by atoms with E-state index in [0.29, 0.717) is 0 Å². The van der Waals surface area contributed by atoms with E-state index >= 15 is 0 Å². The van der Waals surface area contributed by atoms with E-state index in [1.54, 1.807) is 0 Å². The Bertz CT molecular complexity index is 46.0. The van der Waals surface area contributed by atoms with E-state index in [2.05, 4.69) is 32.4 Å². The topological polar surface area (TPSA) is 12.0 Å². The maximum atomic E-state index is 3.33. The Morgan fingerprint density at radius 1 is 1.43 bits per heavy atom. The van der Waals surface area contributed by atoms with Crippen molar-refractivity contribution in [2.45, 2.75) is 6.92 Å². The summed E-state index contributed by atoms with van der Waals surface area (Å²) >= 11 is 0. The normalized spacial score (nSPS) is 14.3. The van der Waals surface area contributed by atoms with Gasteiger partial charge in [0, 0.05) is 0 Å². The van der Waals surface area contributed by atoms with Gasteiger partial charge in [0.2, 0.25) is 0 Å². The van der Waals surface area contributed by atoms with Gasteiger partial charge < -0.3 is 0 Å². The molecular formula is C5H16NP. The van der Waals surface area contributed by atoms with Crippen LogP contribution in [0, 0.1) is 0 Å². The molecule has 0 rings (SSSR count). The Labute approximate surface area is 46.9 Å². The fourth-order valence-electron chi connectivity index (χ4n) is 0.177. The summed E-state index contributed by atoms with van der Waals surface area (Å²) in [5.74, 6) is 0. The van der Waals surface area contributed by atoms with Crippen molar-refractivity contribution in [1.29, 1.82) is 0 Å². The summed E-state index contributed by atoms with van der Waals surface area (Å²) in [7, 11) is 1.15. The summed E-state index contributed by atoms with van der Waals surface area (Å²) in [5.41, 5.74) is 0. The van der Waals surface area contributed by atoms with Gasteiger partial charge in [0.25, 0.3) is 0 Å². The molecule has 0 unspecified atom stereocenters. The van der Waals surface area contributed by atoms with Crippen LogP contribution in [0.2, 0.25) is 0 Å². The Morgan fingerprint density at radius 3 is 1.86 bits per heavy atom. The van der Waals surface area contributed by atoms with Crippen LogP contribution in [0.5, 0.6) is 0 Å². The van der Waals surface area contributed by atoms with Crippen LogP contribution in [-0.4, -0.2) is 26.5 Å². The molecule has 0 aliphatic carbocycles. The van der Waals surface area contributed by atoms with E-state index in [1.807, 2.05) is 0 Å². The third-order valence-electron chi connectivity index (χ3n) is 1.56. The van der Waals surface area contributed by atoms with Crippen molar-refractivity contribution in [1.82, 2.24) is 5.09 Å². The van der Waals surface area contributed by atoms with E-state index in [4.69, 9.17) is 0 Å². The summed E-state index contributed by atoms with van der Waals surface area (Å²) in [6.07, 6.45) is 1.32. The van der Waals surface area contributed by atoms with Crippen LogP contribution >= 0.6 is 7.41 Å². The second-order valence-corrected chi connectivity index (χ2v) is 7.46. The number of rotatable bonds is 2. The van der Waals surface area contributed by atoms with Crippen molar-refractivity contribution >= 4 is 7.41 Å². The zero-order valence-corrected chi connectivity index (χ0v) is 6.71. The molecule has 0 spiro atoms. The van der Waals surface area contributed by atoms with Gasteiger partial charge in [0.15, 0.2) is 0 Å². The molecular weight excluding hydrogens is 105 g/mol. The Morgan fingerprint density at radius 2 is 1.86 bits per heavy atom. The predicted octanol–water partition coefficient (Wildman–Crippen LogP) is 1.15. The standard InChI is InChI=1S/C5H16NP/c1-5-7(3,4)6-2/h6-7H,5H2,1-4H3. The summed E-state index contributed by atoms with van der Waals surface area (Å²) in [6, 6.07) is 0. The van der Waals surface area contributed by atoms with Crippen molar-refractivity contribution in [3.8, 4) is 0 Å². The number of nitrogens with one attached hydrogen (secondary N) is 1. The van der Waals surface area contributed by atoms with E-state index in [1.165, 1.54) is 6.16 Å². The molecule has 0 radical (unpaired) electrons. The Kier molecular flexibility index (Phi) is 2.78. The summed E-state index contributed by atoms with van der Waals surface area (Å²) < 4.78 is 0. The molecule has 0 fully saturated rings. The van der Waals surface area contributed by atoms with Crippen molar-refractivity contribution < 1.29 is 0 Å². The maximum absolute atomic E-state index is 3.33. The third kappa shape index (κ3) is 3.02. The molecule has 0 aliphatic heterocycles. The minimum absolute atomic E-state index is 0.901. The molecule has 46 valence electrons. The zero-order valence-electron chi connectivity index (χ0n) is 5.71. The molecule has 0 aromatic heterocycles. The second kappa shape index (κ2) is 2.64. The van der Waals surface area contributed by atoms with Crippen LogP contribution in [0.15, 0.2) is 0 Å². The summed E-state index contributed by atoms with van der Waals surface area (Å²) in [5, 5.41) is 3.33.